The van der Waals surface area contributed by atoms with Crippen LogP contribution >= 0.6 is 11.6 Å². The monoisotopic (exact) mass is 800 g/mol. The van der Waals surface area contributed by atoms with E-state index >= 15 is 0 Å². The molecule has 0 bridgehead atoms. The lowest BCUT2D eigenvalue weighted by Crippen LogP contribution is -2.59. The number of aromatic nitrogens is 4. The molecule has 2 aromatic carbocycles. The van der Waals surface area contributed by atoms with Gasteiger partial charge in [0.05, 0.1) is 48.8 Å². The Labute approximate surface area is 331 Å². The van der Waals surface area contributed by atoms with Gasteiger partial charge in [0.25, 0.3) is 0 Å². The SMILES string of the molecule is C=CC(=O)Cl.C=CC(=O)N1CC(C)(COc2nc(-c3ccc(O)c(F)c3)nc3c2C=NC3)C1.CC1(COc2nc(-c3ccc(O)c(F)c3)nc3c2C=NC3)CNC1. The largest absolute Gasteiger partial charge is 0.505 e. The highest BCUT2D eigenvalue weighted by Crippen LogP contribution is 2.34. The normalized spacial score (nSPS) is 16.0. The fraction of sp³-hybridized carbons (Fsp3) is 0.300. The molecule has 2 aromatic heterocycles. The molecule has 296 valence electrons. The summed E-state index contributed by atoms with van der Waals surface area (Å²) in [7, 11) is 0. The molecule has 0 unspecified atom stereocenters. The van der Waals surface area contributed by atoms with Crippen LogP contribution in [0.25, 0.3) is 22.8 Å². The van der Waals surface area contributed by atoms with Gasteiger partial charge in [-0.3, -0.25) is 19.6 Å². The fourth-order valence-electron chi connectivity index (χ4n) is 6.09. The molecule has 8 rings (SSSR count). The zero-order valence-corrected chi connectivity index (χ0v) is 31.9. The molecule has 17 heteroatoms. The van der Waals surface area contributed by atoms with E-state index < -0.39 is 28.4 Å². The van der Waals surface area contributed by atoms with Gasteiger partial charge in [-0.25, -0.2) is 18.7 Å². The van der Waals surface area contributed by atoms with Crippen molar-refractivity contribution in [1.82, 2.24) is 30.2 Å². The van der Waals surface area contributed by atoms with Gasteiger partial charge in [-0.1, -0.05) is 27.0 Å². The lowest BCUT2D eigenvalue weighted by Gasteiger charge is -2.47. The topological polar surface area (TPSA) is 185 Å². The number of allylic oxidation sites excluding steroid dienone is 1. The van der Waals surface area contributed by atoms with Crippen molar-refractivity contribution in [1.29, 1.82) is 0 Å². The van der Waals surface area contributed by atoms with E-state index in [1.54, 1.807) is 29.5 Å². The molecular formula is C40H39ClF2N8O6. The van der Waals surface area contributed by atoms with E-state index in [4.69, 9.17) is 21.1 Å². The molecule has 2 fully saturated rings. The first-order valence-corrected chi connectivity index (χ1v) is 18.1. The van der Waals surface area contributed by atoms with E-state index in [2.05, 4.69) is 55.3 Å². The van der Waals surface area contributed by atoms with Crippen LogP contribution in [0.3, 0.4) is 0 Å². The van der Waals surface area contributed by atoms with Crippen molar-refractivity contribution in [2.75, 3.05) is 39.4 Å². The summed E-state index contributed by atoms with van der Waals surface area (Å²) in [5, 5.41) is 21.5. The summed E-state index contributed by atoms with van der Waals surface area (Å²) in [5.41, 5.74) is 3.80. The van der Waals surface area contributed by atoms with E-state index in [1.165, 1.54) is 30.3 Å². The van der Waals surface area contributed by atoms with Crippen molar-refractivity contribution < 1.29 is 38.1 Å². The van der Waals surface area contributed by atoms with Gasteiger partial charge in [-0.05, 0) is 60.2 Å². The van der Waals surface area contributed by atoms with E-state index in [9.17, 15) is 28.6 Å². The number of phenolic OH excluding ortho intramolecular Hbond substituents is 2. The Morgan fingerprint density at radius 2 is 1.26 bits per heavy atom. The third-order valence-electron chi connectivity index (χ3n) is 9.32. The molecule has 3 N–H and O–H groups in total. The maximum atomic E-state index is 13.7. The number of ether oxygens (including phenoxy) is 2. The minimum Gasteiger partial charge on any atom is -0.505 e. The molecule has 4 aromatic rings. The van der Waals surface area contributed by atoms with E-state index in [-0.39, 0.29) is 16.7 Å². The van der Waals surface area contributed by atoms with Crippen molar-refractivity contribution in [3.8, 4) is 46.0 Å². The number of phenols is 2. The first kappa shape index (κ1) is 40.5. The number of likely N-dealkylation sites (tertiary alicyclic amines) is 1. The highest BCUT2D eigenvalue weighted by atomic mass is 35.5. The van der Waals surface area contributed by atoms with Gasteiger partial charge in [0.1, 0.15) is 0 Å². The third-order valence-corrected chi connectivity index (χ3v) is 9.48. The lowest BCUT2D eigenvalue weighted by atomic mass is 9.83. The predicted octanol–water partition coefficient (Wildman–Crippen LogP) is 5.18. The van der Waals surface area contributed by atoms with Gasteiger partial charge in [0.15, 0.2) is 34.8 Å². The van der Waals surface area contributed by atoms with Crippen LogP contribution in [0.5, 0.6) is 23.3 Å². The molecule has 14 nitrogen and oxygen atoms in total. The summed E-state index contributed by atoms with van der Waals surface area (Å²) in [6.07, 6.45) is 5.73. The van der Waals surface area contributed by atoms with Crippen molar-refractivity contribution in [2.24, 2.45) is 20.8 Å². The molecule has 6 heterocycles. The van der Waals surface area contributed by atoms with Crippen LogP contribution < -0.4 is 14.8 Å². The Bertz CT molecular complexity index is 2290. The Morgan fingerprint density at radius 3 is 1.65 bits per heavy atom. The number of aromatic hydroxyl groups is 2. The molecular weight excluding hydrogens is 762 g/mol. The minimum absolute atomic E-state index is 0.0934. The van der Waals surface area contributed by atoms with E-state index in [0.717, 1.165) is 30.4 Å². The fourth-order valence-corrected chi connectivity index (χ4v) is 6.09. The predicted molar refractivity (Wildman–Crippen MR) is 209 cm³/mol. The van der Waals surface area contributed by atoms with E-state index in [0.29, 0.717) is 85.2 Å². The average molecular weight is 801 g/mol. The molecule has 0 saturated carbocycles. The van der Waals surface area contributed by atoms with Crippen molar-refractivity contribution in [2.45, 2.75) is 26.9 Å². The summed E-state index contributed by atoms with van der Waals surface area (Å²) in [5.74, 6) is -0.846. The first-order chi connectivity index (χ1) is 27.2. The number of rotatable bonds is 10. The quantitative estimate of drug-likeness (QED) is 0.142. The van der Waals surface area contributed by atoms with Crippen LogP contribution in [0.15, 0.2) is 71.7 Å². The number of carbonyl (C=O) groups is 2. The number of amides is 1. The number of carbonyl (C=O) groups excluding carboxylic acids is 2. The Morgan fingerprint density at radius 1 is 0.807 bits per heavy atom. The molecule has 1 amide bonds. The van der Waals surface area contributed by atoms with Gasteiger partial charge in [0, 0.05) is 60.6 Å². The van der Waals surface area contributed by atoms with Crippen molar-refractivity contribution in [3.05, 3.63) is 95.9 Å². The summed E-state index contributed by atoms with van der Waals surface area (Å²) in [6.45, 7) is 15.5. The summed E-state index contributed by atoms with van der Waals surface area (Å²) in [6, 6.07) is 8.08. The highest BCUT2D eigenvalue weighted by molar-refractivity contribution is 6.66. The lowest BCUT2D eigenvalue weighted by molar-refractivity contribution is -0.138. The van der Waals surface area contributed by atoms with Gasteiger partial charge in [0.2, 0.25) is 22.9 Å². The zero-order chi connectivity index (χ0) is 40.9. The second-order valence-electron chi connectivity index (χ2n) is 14.4. The highest BCUT2D eigenvalue weighted by Gasteiger charge is 2.41. The van der Waals surface area contributed by atoms with Gasteiger partial charge in [-0.2, -0.15) is 9.97 Å². The van der Waals surface area contributed by atoms with Gasteiger partial charge in [-0.15, -0.1) is 0 Å². The van der Waals surface area contributed by atoms with Crippen LogP contribution in [0, 0.1) is 22.5 Å². The Hall–Kier alpha value is -6.13. The summed E-state index contributed by atoms with van der Waals surface area (Å²) in [4.78, 5) is 49.1. The Kier molecular flexibility index (Phi) is 12.0. The van der Waals surface area contributed by atoms with Crippen LogP contribution in [0.1, 0.15) is 36.4 Å². The number of fused-ring (bicyclic) bond motifs is 2. The smallest absolute Gasteiger partial charge is 0.245 e. The molecule has 0 radical (unpaired) electrons. The molecule has 0 spiro atoms. The molecule has 57 heavy (non-hydrogen) atoms. The number of hydrogen-bond acceptors (Lipinski definition) is 13. The number of hydrogen-bond donors (Lipinski definition) is 3. The summed E-state index contributed by atoms with van der Waals surface area (Å²) >= 11 is 4.71. The van der Waals surface area contributed by atoms with Crippen molar-refractivity contribution >= 4 is 35.2 Å². The average Bonchev–Trinajstić information content (AvgIpc) is 3.87. The third kappa shape index (κ3) is 9.47. The number of nitrogens with one attached hydrogen (secondary N) is 1. The number of aliphatic imine (C=N–C) groups is 2. The number of benzene rings is 2. The maximum absolute atomic E-state index is 13.7. The van der Waals surface area contributed by atoms with Crippen LogP contribution in [0.2, 0.25) is 0 Å². The van der Waals surface area contributed by atoms with Crippen LogP contribution in [0.4, 0.5) is 8.78 Å². The second-order valence-corrected chi connectivity index (χ2v) is 14.8. The van der Waals surface area contributed by atoms with Crippen molar-refractivity contribution in [3.63, 3.8) is 0 Å². The summed E-state index contributed by atoms with van der Waals surface area (Å²) < 4.78 is 39.3. The molecule has 4 aliphatic heterocycles. The van der Waals surface area contributed by atoms with Gasteiger partial charge < -0.3 is 29.9 Å². The minimum atomic E-state index is -0.741. The maximum Gasteiger partial charge on any atom is 0.245 e. The molecule has 0 aliphatic carbocycles. The number of nitrogens with zero attached hydrogens (tertiary/aromatic N) is 7. The zero-order valence-electron chi connectivity index (χ0n) is 31.1. The first-order valence-electron chi connectivity index (χ1n) is 17.7. The molecule has 2 saturated heterocycles. The molecule has 0 atom stereocenters. The second kappa shape index (κ2) is 16.9. The Balaban J connectivity index is 0.000000174. The van der Waals surface area contributed by atoms with E-state index in [1.807, 2.05) is 6.92 Å². The van der Waals surface area contributed by atoms with Crippen LogP contribution in [-0.4, -0.2) is 98.0 Å². The van der Waals surface area contributed by atoms with Crippen LogP contribution in [-0.2, 0) is 22.7 Å². The molecule has 4 aliphatic rings. The van der Waals surface area contributed by atoms with Gasteiger partial charge >= 0.3 is 0 Å². The standard InChI is InChI=1S/C20H19FN4O3.C17H17FN4O2.C3H3ClO/c1-3-17(27)25-9-20(2,10-25)11-28-19-13-7-22-8-15(13)23-18(24-19)12-4-5-16(26)14(21)6-12;1-17(7-20-8-17)9-24-16-11-5-19-6-13(11)21-15(22-16)10-2-3-14(23)12(18)4-10;1-2-3(4)5/h3-7,26H,1,8-11H2,2H3;2-5,20,23H,6-9H2,1H3;2H,1H2. The number of halogens is 3.